The summed E-state index contributed by atoms with van der Waals surface area (Å²) in [6.45, 7) is 4.60. The van der Waals surface area contributed by atoms with Gasteiger partial charge in [0.05, 0.1) is 36.9 Å². The van der Waals surface area contributed by atoms with E-state index < -0.39 is 10.0 Å². The van der Waals surface area contributed by atoms with Crippen LogP contribution in [0.5, 0.6) is 0 Å². The van der Waals surface area contributed by atoms with Gasteiger partial charge < -0.3 is 13.9 Å². The number of carbonyl (C=O) groups excluding carboxylic acids is 1. The smallest absolute Gasteiger partial charge is 0.323 e. The van der Waals surface area contributed by atoms with E-state index in [1.807, 2.05) is 4.90 Å². The Balaban J connectivity index is 1.66. The highest BCUT2D eigenvalue weighted by Crippen LogP contribution is 2.26. The molecular formula is C20H27N3O6S2. The number of aromatic nitrogens is 1. The van der Waals surface area contributed by atoms with Gasteiger partial charge in [0, 0.05) is 19.6 Å². The molecule has 2 aliphatic rings. The fraction of sp³-hybridized carbons (Fsp3) is 0.600. The average molecular weight is 470 g/mol. The van der Waals surface area contributed by atoms with Crippen molar-refractivity contribution in [3.63, 3.8) is 0 Å². The highest BCUT2D eigenvalue weighted by atomic mass is 32.2. The minimum Gasteiger partial charge on any atom is -0.465 e. The van der Waals surface area contributed by atoms with Gasteiger partial charge in [-0.2, -0.15) is 4.31 Å². The van der Waals surface area contributed by atoms with Gasteiger partial charge in [-0.1, -0.05) is 6.42 Å². The second-order valence-electron chi connectivity index (χ2n) is 7.66. The van der Waals surface area contributed by atoms with Crippen molar-refractivity contribution in [1.82, 2.24) is 13.8 Å². The number of oxazole rings is 1. The Morgan fingerprint density at radius 2 is 2.00 bits per heavy atom. The molecule has 2 aromatic rings. The van der Waals surface area contributed by atoms with Gasteiger partial charge in [0.25, 0.3) is 4.84 Å². The van der Waals surface area contributed by atoms with Crippen LogP contribution in [0, 0.1) is 4.84 Å². The van der Waals surface area contributed by atoms with E-state index in [4.69, 9.17) is 26.1 Å². The predicted molar refractivity (Wildman–Crippen MR) is 116 cm³/mol. The lowest BCUT2D eigenvalue weighted by atomic mass is 10.0. The third kappa shape index (κ3) is 4.56. The average Bonchev–Trinajstić information content (AvgIpc) is 3.09. The molecule has 31 heavy (non-hydrogen) atoms. The molecule has 2 aliphatic heterocycles. The number of ether oxygens (including phenoxy) is 2. The largest absolute Gasteiger partial charge is 0.465 e. The van der Waals surface area contributed by atoms with E-state index in [9.17, 15) is 13.2 Å². The molecule has 1 atom stereocenters. The number of morpholine rings is 1. The fourth-order valence-electron chi connectivity index (χ4n) is 4.12. The van der Waals surface area contributed by atoms with Crippen molar-refractivity contribution in [3.05, 3.63) is 23.0 Å². The summed E-state index contributed by atoms with van der Waals surface area (Å²) in [6.07, 6.45) is 2.65. The van der Waals surface area contributed by atoms with Crippen LogP contribution in [-0.2, 0) is 31.0 Å². The van der Waals surface area contributed by atoms with Crippen molar-refractivity contribution in [2.75, 3.05) is 39.5 Å². The zero-order chi connectivity index (χ0) is 22.0. The van der Waals surface area contributed by atoms with E-state index in [1.165, 1.54) is 10.4 Å². The van der Waals surface area contributed by atoms with Crippen LogP contribution in [0.3, 0.4) is 0 Å². The van der Waals surface area contributed by atoms with Crippen molar-refractivity contribution in [2.24, 2.45) is 0 Å². The van der Waals surface area contributed by atoms with Gasteiger partial charge in [-0.3, -0.25) is 14.3 Å². The molecule has 2 saturated heterocycles. The molecule has 0 spiro atoms. The first kappa shape index (κ1) is 22.4. The molecular weight excluding hydrogens is 442 g/mol. The van der Waals surface area contributed by atoms with E-state index >= 15 is 0 Å². The molecule has 0 radical (unpaired) electrons. The molecule has 9 nitrogen and oxygen atoms in total. The van der Waals surface area contributed by atoms with Crippen LogP contribution < -0.4 is 0 Å². The van der Waals surface area contributed by atoms with Crippen molar-refractivity contribution >= 4 is 39.3 Å². The summed E-state index contributed by atoms with van der Waals surface area (Å²) in [6, 6.07) is 4.43. The first-order valence-electron chi connectivity index (χ1n) is 10.5. The summed E-state index contributed by atoms with van der Waals surface area (Å²) >= 11 is 5.42. The second kappa shape index (κ2) is 9.37. The Bertz CT molecular complexity index is 1100. The zero-order valence-corrected chi connectivity index (χ0v) is 19.1. The van der Waals surface area contributed by atoms with Crippen molar-refractivity contribution < 1.29 is 27.1 Å². The molecule has 0 bridgehead atoms. The fourth-order valence-corrected chi connectivity index (χ4v) is 5.79. The highest BCUT2D eigenvalue weighted by Gasteiger charge is 2.31. The normalized spacial score (nSPS) is 21.4. The molecule has 0 aliphatic carbocycles. The monoisotopic (exact) mass is 469 g/mol. The Morgan fingerprint density at radius 1 is 1.23 bits per heavy atom. The Morgan fingerprint density at radius 3 is 2.74 bits per heavy atom. The van der Waals surface area contributed by atoms with E-state index in [-0.39, 0.29) is 21.7 Å². The zero-order valence-electron chi connectivity index (χ0n) is 17.5. The maximum absolute atomic E-state index is 13.1. The van der Waals surface area contributed by atoms with E-state index in [1.54, 1.807) is 23.6 Å². The number of rotatable bonds is 6. The molecule has 0 amide bonds. The molecule has 11 heteroatoms. The number of sulfonamides is 1. The maximum Gasteiger partial charge on any atom is 0.323 e. The molecule has 2 fully saturated rings. The van der Waals surface area contributed by atoms with Crippen molar-refractivity contribution in [3.8, 4) is 0 Å². The van der Waals surface area contributed by atoms with Gasteiger partial charge in [0.1, 0.15) is 6.04 Å². The first-order chi connectivity index (χ1) is 14.9. The van der Waals surface area contributed by atoms with Gasteiger partial charge in [0.15, 0.2) is 5.58 Å². The van der Waals surface area contributed by atoms with Gasteiger partial charge in [-0.15, -0.1) is 0 Å². The first-order valence-corrected chi connectivity index (χ1v) is 12.4. The Kier molecular flexibility index (Phi) is 6.77. The number of fused-ring (bicyclic) bond motifs is 1. The lowest BCUT2D eigenvalue weighted by molar-refractivity contribution is -0.151. The number of esters is 1. The molecule has 4 rings (SSSR count). The van der Waals surface area contributed by atoms with E-state index in [0.717, 1.165) is 25.8 Å². The number of benzene rings is 1. The molecule has 170 valence electrons. The number of piperidine rings is 1. The predicted octanol–water partition coefficient (Wildman–Crippen LogP) is 2.36. The number of hydrogen-bond acceptors (Lipinski definition) is 8. The maximum atomic E-state index is 13.1. The molecule has 0 unspecified atom stereocenters. The van der Waals surface area contributed by atoms with E-state index in [0.29, 0.717) is 50.7 Å². The number of hydrogen-bond donors (Lipinski definition) is 0. The van der Waals surface area contributed by atoms with Crippen LogP contribution in [-0.4, -0.2) is 73.7 Å². The van der Waals surface area contributed by atoms with E-state index in [2.05, 4.69) is 0 Å². The lowest BCUT2D eigenvalue weighted by Crippen LogP contribution is -2.46. The second-order valence-corrected chi connectivity index (χ2v) is 9.95. The molecule has 0 saturated carbocycles. The molecule has 1 aromatic carbocycles. The summed E-state index contributed by atoms with van der Waals surface area (Å²) in [5.74, 6) is -0.239. The summed E-state index contributed by atoms with van der Waals surface area (Å²) in [7, 11) is -3.65. The SMILES string of the molecule is CCOC(=O)[C@H]1CCCCN1Cn1c(=S)oc2ccc(S(=O)(=O)N3CCOCC3)cc21. The van der Waals surface area contributed by atoms with Gasteiger partial charge >= 0.3 is 5.97 Å². The Hall–Kier alpha value is -1.79. The summed E-state index contributed by atoms with van der Waals surface area (Å²) in [5, 5.41) is 0. The van der Waals surface area contributed by atoms with Crippen molar-refractivity contribution in [2.45, 2.75) is 43.8 Å². The topological polar surface area (TPSA) is 94.2 Å². The quantitative estimate of drug-likeness (QED) is 0.470. The van der Waals surface area contributed by atoms with Gasteiger partial charge in [-0.25, -0.2) is 8.42 Å². The summed E-state index contributed by atoms with van der Waals surface area (Å²) in [4.78, 5) is 14.9. The van der Waals surface area contributed by atoms with Crippen LogP contribution in [0.1, 0.15) is 26.2 Å². The molecule has 0 N–H and O–H groups in total. The third-order valence-corrected chi connectivity index (χ3v) is 7.94. The van der Waals surface area contributed by atoms with Crippen LogP contribution in [0.15, 0.2) is 27.5 Å². The summed E-state index contributed by atoms with van der Waals surface area (Å²) < 4.78 is 45.6. The summed E-state index contributed by atoms with van der Waals surface area (Å²) in [5.41, 5.74) is 1.10. The van der Waals surface area contributed by atoms with Crippen molar-refractivity contribution in [1.29, 1.82) is 0 Å². The van der Waals surface area contributed by atoms with Crippen LogP contribution in [0.2, 0.25) is 0 Å². The molecule has 3 heterocycles. The third-order valence-electron chi connectivity index (χ3n) is 5.74. The minimum absolute atomic E-state index is 0.187. The van der Waals surface area contributed by atoms with Crippen LogP contribution in [0.4, 0.5) is 0 Å². The van der Waals surface area contributed by atoms with Crippen LogP contribution in [0.25, 0.3) is 11.1 Å². The number of nitrogens with zero attached hydrogens (tertiary/aromatic N) is 3. The Labute approximate surface area is 186 Å². The highest BCUT2D eigenvalue weighted by molar-refractivity contribution is 7.89. The number of carbonyl (C=O) groups is 1. The molecule has 1 aromatic heterocycles. The van der Waals surface area contributed by atoms with Gasteiger partial charge in [-0.05, 0) is 50.2 Å². The standard InChI is InChI=1S/C20H27N3O6S2/c1-2-28-19(24)16-5-3-4-8-21(16)14-23-17-13-15(6-7-18(17)29-20(23)30)31(25,26)22-9-11-27-12-10-22/h6-7,13,16H,2-5,8-12,14H2,1H3/t16-/m1/s1. The van der Waals surface area contributed by atoms with Gasteiger partial charge in [0.2, 0.25) is 10.0 Å². The number of likely N-dealkylation sites (tertiary alicyclic amines) is 1. The van der Waals surface area contributed by atoms with Crippen LogP contribution >= 0.6 is 12.2 Å². The minimum atomic E-state index is -3.65. The lowest BCUT2D eigenvalue weighted by Gasteiger charge is -2.33.